The number of halogens is 3. The van der Waals surface area contributed by atoms with E-state index >= 15 is 0 Å². The fourth-order valence-corrected chi connectivity index (χ4v) is 2.03. The van der Waals surface area contributed by atoms with Gasteiger partial charge in [0.05, 0.1) is 18.7 Å². The smallest absolute Gasteiger partial charge is 0.391 e. The van der Waals surface area contributed by atoms with E-state index in [1.165, 1.54) is 12.1 Å². The van der Waals surface area contributed by atoms with Crippen molar-refractivity contribution in [3.05, 3.63) is 35.4 Å². The summed E-state index contributed by atoms with van der Waals surface area (Å²) in [6.45, 7) is 3.49. The van der Waals surface area contributed by atoms with Crippen LogP contribution in [0.15, 0.2) is 24.3 Å². The van der Waals surface area contributed by atoms with Crippen molar-refractivity contribution in [1.82, 2.24) is 0 Å². The molecule has 0 aliphatic carbocycles. The van der Waals surface area contributed by atoms with Crippen molar-refractivity contribution >= 4 is 0 Å². The first kappa shape index (κ1) is 15.0. The van der Waals surface area contributed by atoms with Gasteiger partial charge in [-0.1, -0.05) is 25.1 Å². The molecule has 1 atom stereocenters. The van der Waals surface area contributed by atoms with Gasteiger partial charge < -0.3 is 10.0 Å². The van der Waals surface area contributed by atoms with Crippen LogP contribution in [0.2, 0.25) is 0 Å². The molecule has 102 valence electrons. The lowest BCUT2D eigenvalue weighted by Gasteiger charge is -2.20. The highest BCUT2D eigenvalue weighted by Crippen LogP contribution is 2.31. The van der Waals surface area contributed by atoms with Crippen molar-refractivity contribution in [2.75, 3.05) is 19.7 Å². The third kappa shape index (κ3) is 4.31. The largest absolute Gasteiger partial charge is 0.416 e. The van der Waals surface area contributed by atoms with Gasteiger partial charge in [-0.05, 0) is 12.5 Å². The van der Waals surface area contributed by atoms with Crippen LogP contribution < -0.4 is 4.90 Å². The number of hydrogen-bond acceptors (Lipinski definition) is 1. The van der Waals surface area contributed by atoms with Crippen molar-refractivity contribution in [2.45, 2.75) is 26.1 Å². The van der Waals surface area contributed by atoms with Gasteiger partial charge in [0.2, 0.25) is 0 Å². The van der Waals surface area contributed by atoms with Crippen LogP contribution in [-0.4, -0.2) is 24.8 Å². The minimum atomic E-state index is -4.31. The van der Waals surface area contributed by atoms with Crippen molar-refractivity contribution < 1.29 is 23.2 Å². The molecule has 0 bridgehead atoms. The zero-order valence-electron chi connectivity index (χ0n) is 10.4. The molecule has 0 saturated heterocycles. The minimum Gasteiger partial charge on any atom is -0.391 e. The molecule has 0 aromatic heterocycles. The predicted molar refractivity (Wildman–Crippen MR) is 63.2 cm³/mol. The zero-order valence-corrected chi connectivity index (χ0v) is 10.4. The van der Waals surface area contributed by atoms with Gasteiger partial charge in [-0.15, -0.1) is 0 Å². The Morgan fingerprint density at radius 3 is 2.39 bits per heavy atom. The fourth-order valence-electron chi connectivity index (χ4n) is 2.03. The normalized spacial score (nSPS) is 13.6. The number of aliphatic hydroxyl groups is 1. The summed E-state index contributed by atoms with van der Waals surface area (Å²) in [5.41, 5.74) is -0.279. The van der Waals surface area contributed by atoms with Gasteiger partial charge in [-0.2, -0.15) is 13.2 Å². The highest BCUT2D eigenvalue weighted by molar-refractivity contribution is 5.28. The second-order valence-electron chi connectivity index (χ2n) is 4.31. The topological polar surface area (TPSA) is 24.7 Å². The lowest BCUT2D eigenvalue weighted by molar-refractivity contribution is -0.914. The van der Waals surface area contributed by atoms with E-state index in [1.807, 2.05) is 6.92 Å². The minimum absolute atomic E-state index is 0.0104. The number of rotatable bonds is 6. The molecule has 0 fully saturated rings. The van der Waals surface area contributed by atoms with Crippen molar-refractivity contribution in [3.63, 3.8) is 0 Å². The molecule has 0 spiro atoms. The van der Waals surface area contributed by atoms with E-state index < -0.39 is 11.7 Å². The molecule has 1 aromatic rings. The van der Waals surface area contributed by atoms with Crippen molar-refractivity contribution in [2.24, 2.45) is 0 Å². The average molecular weight is 262 g/mol. The number of quaternary nitrogens is 1. The van der Waals surface area contributed by atoms with Crippen LogP contribution in [0, 0.1) is 0 Å². The Labute approximate surface area is 105 Å². The Bertz CT molecular complexity index is 359. The molecular formula is C13H19F3NO+. The van der Waals surface area contributed by atoms with Crippen LogP contribution in [0.5, 0.6) is 0 Å². The maximum Gasteiger partial charge on any atom is 0.416 e. The van der Waals surface area contributed by atoms with E-state index in [1.54, 1.807) is 6.07 Å². The second-order valence-corrected chi connectivity index (χ2v) is 4.31. The van der Waals surface area contributed by atoms with Crippen LogP contribution >= 0.6 is 0 Å². The van der Waals surface area contributed by atoms with E-state index in [4.69, 9.17) is 5.11 Å². The summed E-state index contributed by atoms with van der Waals surface area (Å²) >= 11 is 0. The van der Waals surface area contributed by atoms with Gasteiger partial charge in [0, 0.05) is 5.56 Å². The van der Waals surface area contributed by atoms with Gasteiger partial charge in [0.25, 0.3) is 0 Å². The van der Waals surface area contributed by atoms with E-state index in [2.05, 4.69) is 0 Å². The molecule has 1 rings (SSSR count). The Kier molecular flexibility index (Phi) is 5.62. The summed E-state index contributed by atoms with van der Waals surface area (Å²) in [6.07, 6.45) is -3.43. The molecule has 1 aromatic carbocycles. The van der Waals surface area contributed by atoms with Crippen molar-refractivity contribution in [1.29, 1.82) is 0 Å². The SMILES string of the molecule is CCC[NH+](CCO)Cc1ccccc1C(F)(F)F. The Hall–Kier alpha value is -1.07. The molecule has 0 saturated carbocycles. The molecule has 0 radical (unpaired) electrons. The van der Waals surface area contributed by atoms with Crippen LogP contribution in [0.25, 0.3) is 0 Å². The third-order valence-corrected chi connectivity index (χ3v) is 2.83. The Morgan fingerprint density at radius 1 is 1.17 bits per heavy atom. The Morgan fingerprint density at radius 2 is 1.83 bits per heavy atom. The van der Waals surface area contributed by atoms with Gasteiger partial charge in [0.15, 0.2) is 0 Å². The maximum atomic E-state index is 12.8. The summed E-state index contributed by atoms with van der Waals surface area (Å²) in [6, 6.07) is 5.64. The molecule has 5 heteroatoms. The first-order chi connectivity index (χ1) is 8.49. The lowest BCUT2D eigenvalue weighted by Crippen LogP contribution is -3.11. The second kappa shape index (κ2) is 6.75. The Balaban J connectivity index is 2.88. The number of benzene rings is 1. The van der Waals surface area contributed by atoms with Gasteiger partial charge in [0.1, 0.15) is 13.1 Å². The van der Waals surface area contributed by atoms with Gasteiger partial charge >= 0.3 is 6.18 Å². The summed E-state index contributed by atoms with van der Waals surface area (Å²) in [7, 11) is 0. The number of nitrogens with one attached hydrogen (secondary N) is 1. The van der Waals surface area contributed by atoms with Crippen LogP contribution in [0.3, 0.4) is 0 Å². The summed E-state index contributed by atoms with van der Waals surface area (Å²) < 4.78 is 38.4. The predicted octanol–water partition coefficient (Wildman–Crippen LogP) is 1.49. The van der Waals surface area contributed by atoms with E-state index in [0.29, 0.717) is 18.7 Å². The molecule has 2 N–H and O–H groups in total. The lowest BCUT2D eigenvalue weighted by atomic mass is 10.1. The van der Waals surface area contributed by atoms with Crippen LogP contribution in [0.4, 0.5) is 13.2 Å². The highest BCUT2D eigenvalue weighted by atomic mass is 19.4. The average Bonchev–Trinajstić information content (AvgIpc) is 2.29. The molecule has 0 aliphatic heterocycles. The molecule has 0 aliphatic rings. The quantitative estimate of drug-likeness (QED) is 0.797. The fraction of sp³-hybridized carbons (Fsp3) is 0.538. The molecule has 18 heavy (non-hydrogen) atoms. The first-order valence-electron chi connectivity index (χ1n) is 6.08. The zero-order chi connectivity index (χ0) is 13.6. The molecule has 2 nitrogen and oxygen atoms in total. The van der Waals surface area contributed by atoms with E-state index in [0.717, 1.165) is 23.9 Å². The van der Waals surface area contributed by atoms with Crippen molar-refractivity contribution in [3.8, 4) is 0 Å². The maximum absolute atomic E-state index is 12.8. The monoisotopic (exact) mass is 262 g/mol. The summed E-state index contributed by atoms with van der Waals surface area (Å²) in [5.74, 6) is 0. The first-order valence-corrected chi connectivity index (χ1v) is 6.08. The molecule has 0 amide bonds. The summed E-state index contributed by atoms with van der Waals surface area (Å²) in [4.78, 5) is 0.969. The molecule has 1 unspecified atom stereocenters. The number of hydrogen-bond donors (Lipinski definition) is 2. The van der Waals surface area contributed by atoms with E-state index in [9.17, 15) is 13.2 Å². The highest BCUT2D eigenvalue weighted by Gasteiger charge is 2.33. The van der Waals surface area contributed by atoms with Gasteiger partial charge in [-0.25, -0.2) is 0 Å². The van der Waals surface area contributed by atoms with Gasteiger partial charge in [-0.3, -0.25) is 0 Å². The number of aliphatic hydroxyl groups excluding tert-OH is 1. The van der Waals surface area contributed by atoms with Crippen LogP contribution in [-0.2, 0) is 12.7 Å². The van der Waals surface area contributed by atoms with Crippen LogP contribution in [0.1, 0.15) is 24.5 Å². The molecule has 0 heterocycles. The summed E-state index contributed by atoms with van der Waals surface area (Å²) in [5, 5.41) is 8.93. The number of alkyl halides is 3. The standard InChI is InChI=1S/C13H18F3NO/c1-2-7-17(8-9-18)10-11-5-3-4-6-12(11)13(14,15)16/h3-6,18H,2,7-10H2,1H3/p+1. The molecular weight excluding hydrogens is 243 g/mol. The van der Waals surface area contributed by atoms with E-state index in [-0.39, 0.29) is 6.61 Å². The third-order valence-electron chi connectivity index (χ3n) is 2.83.